The highest BCUT2D eigenvalue weighted by Gasteiger charge is 2.54. The number of ketones is 1. The van der Waals surface area contributed by atoms with E-state index in [0.717, 1.165) is 16.2 Å². The molecule has 0 bridgehead atoms. The van der Waals surface area contributed by atoms with Gasteiger partial charge in [-0.2, -0.15) is 4.57 Å². The number of Topliss-reactive ketones (excluding diaryl/α,β-unsaturated/α-hetero) is 1. The van der Waals surface area contributed by atoms with Crippen LogP contribution < -0.4 is 25.5 Å². The van der Waals surface area contributed by atoms with Gasteiger partial charge >= 0.3 is 11.7 Å². The molecule has 2 heterocycles. The van der Waals surface area contributed by atoms with E-state index >= 15 is 0 Å². The molecule has 4 atom stereocenters. The van der Waals surface area contributed by atoms with Gasteiger partial charge in [0.1, 0.15) is 46.9 Å². The molecular weight excluding hydrogens is 1100 g/mol. The molecule has 0 amide bonds. The molecule has 426 valence electrons. The molecule has 1 aromatic heterocycles. The number of esters is 1. The minimum Gasteiger partial charge on any atom is -0.497 e. The maximum absolute atomic E-state index is 15.0. The molecule has 0 N–H and O–H groups in total. The molecule has 14 nitrogen and oxygen atoms in total. The van der Waals surface area contributed by atoms with Crippen LogP contribution in [0.3, 0.4) is 0 Å². The van der Waals surface area contributed by atoms with Crippen molar-refractivity contribution in [3.8, 4) is 148 Å². The van der Waals surface area contributed by atoms with Gasteiger partial charge < -0.3 is 37.6 Å². The van der Waals surface area contributed by atoms with Crippen LogP contribution in [0.25, 0.3) is 0 Å². The Morgan fingerprint density at radius 1 is 0.628 bits per heavy atom. The van der Waals surface area contributed by atoms with Gasteiger partial charge in [-0.05, 0) is 144 Å². The molecule has 0 spiro atoms. The summed E-state index contributed by atoms with van der Waals surface area (Å²) in [7, 11) is 0.228. The van der Waals surface area contributed by atoms with Gasteiger partial charge in [-0.25, -0.2) is 4.79 Å². The summed E-state index contributed by atoms with van der Waals surface area (Å²) < 4.78 is 45.9. The van der Waals surface area contributed by atoms with E-state index < -0.39 is 66.6 Å². The number of benzene rings is 4. The lowest BCUT2D eigenvalue weighted by Gasteiger charge is -2.40. The summed E-state index contributed by atoms with van der Waals surface area (Å²) in [5, 5.41) is -0.439. The number of carbonyl (C=O) groups excluding carboxylic acids is 3. The van der Waals surface area contributed by atoms with Gasteiger partial charge in [-0.15, -0.1) is 6.42 Å². The Bertz CT molecular complexity index is 4190. The van der Waals surface area contributed by atoms with Crippen LogP contribution in [-0.4, -0.2) is 74.2 Å². The van der Waals surface area contributed by atoms with Crippen LogP contribution in [0, 0.1) is 138 Å². The fraction of sp³-hybridized carbons (Fsp3) is 0.254. The summed E-state index contributed by atoms with van der Waals surface area (Å²) in [5.74, 6) is 48.7. The van der Waals surface area contributed by atoms with Gasteiger partial charge in [0, 0.05) is 95.3 Å². The third-order valence-corrected chi connectivity index (χ3v) is 17.8. The number of hydrogen-bond donors (Lipinski definition) is 0. The van der Waals surface area contributed by atoms with Crippen molar-refractivity contribution in [2.45, 2.75) is 95.7 Å². The predicted octanol–water partition coefficient (Wildman–Crippen LogP) is 7.61. The lowest BCUT2D eigenvalue weighted by atomic mass is 9.80. The van der Waals surface area contributed by atoms with Crippen LogP contribution in [-0.2, 0) is 33.8 Å². The summed E-state index contributed by atoms with van der Waals surface area (Å²) in [6, 6.07) is 29.8. The van der Waals surface area contributed by atoms with Crippen molar-refractivity contribution in [3.05, 3.63) is 158 Å². The van der Waals surface area contributed by atoms with E-state index in [1.807, 2.05) is 113 Å². The Morgan fingerprint density at radius 2 is 1.13 bits per heavy atom. The molecule has 1 aliphatic heterocycles. The molecule has 1 saturated heterocycles. The average molecular weight is 1160 g/mol. The molecule has 1 unspecified atom stereocenters. The number of methoxy groups -OCH3 is 2. The molecule has 1 fully saturated rings. The number of aryl methyl sites for hydroxylation is 1. The van der Waals surface area contributed by atoms with Crippen LogP contribution in [0.2, 0.25) is 18.1 Å². The second kappa shape index (κ2) is 30.9. The molecule has 15 heteroatoms. The zero-order valence-corrected chi connectivity index (χ0v) is 49.7. The fourth-order valence-electron chi connectivity index (χ4n) is 8.23. The summed E-state index contributed by atoms with van der Waals surface area (Å²) in [5.41, 5.74) is -0.854. The maximum atomic E-state index is 15.0. The van der Waals surface area contributed by atoms with E-state index in [-0.39, 0.29) is 36.5 Å². The Labute approximate surface area is 502 Å². The molecule has 4 aromatic carbocycles. The summed E-state index contributed by atoms with van der Waals surface area (Å²) in [4.78, 5) is 69.5. The Balaban J connectivity index is 1.34. The normalized spacial score (nSPS) is 14.3. The van der Waals surface area contributed by atoms with E-state index in [1.165, 1.54) is 25.3 Å². The van der Waals surface area contributed by atoms with E-state index in [4.69, 9.17) is 39.3 Å². The number of hydrogen-bond acceptors (Lipinski definition) is 12. The van der Waals surface area contributed by atoms with E-state index in [1.54, 1.807) is 27.2 Å². The molecule has 0 saturated carbocycles. The standard InChI is InChI=1S/C71H56N2O12Si/c1-11-12-13-14-15-16-17-18-19-20-21-22-23-24-25-26-27-28-29-33-48-81-61-50-53(2)49-55(51-61)67(77)73-63(75)46-47-72(69(73)78)68-66(85-86(9,10)70(4,5)6)65(84-64(76)45-36-54(3)74)62(83-68)52-82-71(56-34-31-30-32-35-56,57-37-41-59(79-7)42-38-57)58-39-43-60(80-8)44-40-58/h1,30-32,34-35,37-44,46-47,49-51,62,65-66,68H,36,45,52H2,2-10H3/t62-,65+,66?,68-/m1/s1. The third-order valence-electron chi connectivity index (χ3n) is 13.3. The smallest absolute Gasteiger partial charge is 0.340 e. The minimum absolute atomic E-state index is 0.0881. The third kappa shape index (κ3) is 17.3. The number of nitrogens with zero attached hydrogens (tertiary/aromatic N) is 2. The minimum atomic E-state index is -2.91. The van der Waals surface area contributed by atoms with E-state index in [2.05, 4.69) is 125 Å². The first-order chi connectivity index (χ1) is 41.3. The molecule has 6 rings (SSSR count). The summed E-state index contributed by atoms with van der Waals surface area (Å²) in [6.07, 6.45) is 3.13. The molecule has 86 heavy (non-hydrogen) atoms. The first-order valence-corrected chi connectivity index (χ1v) is 29.4. The first kappa shape index (κ1) is 64.2. The van der Waals surface area contributed by atoms with Gasteiger partial charge in [0.2, 0.25) is 0 Å². The number of aromatic nitrogens is 2. The Morgan fingerprint density at radius 3 is 1.62 bits per heavy atom. The van der Waals surface area contributed by atoms with Gasteiger partial charge in [0.05, 0.1) is 27.2 Å². The number of ether oxygens (including phenoxy) is 6. The molecule has 0 radical (unpaired) electrons. The van der Waals surface area contributed by atoms with Crippen LogP contribution in [0.5, 0.6) is 17.2 Å². The summed E-state index contributed by atoms with van der Waals surface area (Å²) in [6.45, 7) is 12.8. The summed E-state index contributed by atoms with van der Waals surface area (Å²) >= 11 is 0. The average Bonchev–Trinajstić information content (AvgIpc) is 1.37. The van der Waals surface area contributed by atoms with Gasteiger partial charge in [0.15, 0.2) is 20.6 Å². The molecular formula is C71H56N2O12Si. The van der Waals surface area contributed by atoms with E-state index in [9.17, 15) is 24.0 Å². The van der Waals surface area contributed by atoms with Gasteiger partial charge in [0.25, 0.3) is 11.5 Å². The molecule has 0 aliphatic carbocycles. The molecule has 5 aromatic rings. The Kier molecular flexibility index (Phi) is 23.1. The highest BCUT2D eigenvalue weighted by Crippen LogP contribution is 2.45. The van der Waals surface area contributed by atoms with Crippen LogP contribution in [0.15, 0.2) is 119 Å². The van der Waals surface area contributed by atoms with Crippen molar-refractivity contribution in [1.29, 1.82) is 0 Å². The maximum Gasteiger partial charge on any atom is 0.340 e. The van der Waals surface area contributed by atoms with Gasteiger partial charge in [-0.1, -0.05) is 75.4 Å². The van der Waals surface area contributed by atoms with Crippen LogP contribution in [0.4, 0.5) is 0 Å². The van der Waals surface area contributed by atoms with Crippen LogP contribution >= 0.6 is 0 Å². The Hall–Kier alpha value is -11.0. The van der Waals surface area contributed by atoms with Gasteiger partial charge in [-0.3, -0.25) is 19.0 Å². The number of rotatable bonds is 17. The van der Waals surface area contributed by atoms with Crippen molar-refractivity contribution in [2.75, 3.05) is 20.8 Å². The van der Waals surface area contributed by atoms with Crippen molar-refractivity contribution in [3.63, 3.8) is 0 Å². The zero-order valence-electron chi connectivity index (χ0n) is 48.7. The van der Waals surface area contributed by atoms with Crippen molar-refractivity contribution < 1.29 is 47.2 Å². The zero-order chi connectivity index (χ0) is 62.1. The first-order valence-electron chi connectivity index (χ1n) is 26.5. The van der Waals surface area contributed by atoms with Crippen LogP contribution in [0.1, 0.15) is 79.4 Å². The lowest BCUT2D eigenvalue weighted by molar-refractivity contribution is -0.159. The fourth-order valence-corrected chi connectivity index (χ4v) is 9.52. The van der Waals surface area contributed by atoms with Crippen molar-refractivity contribution >= 4 is 26.0 Å². The number of terminal acetylenes is 1. The highest BCUT2D eigenvalue weighted by molar-refractivity contribution is 6.74. The largest absolute Gasteiger partial charge is 0.497 e. The predicted molar refractivity (Wildman–Crippen MR) is 327 cm³/mol. The second-order valence-corrected chi connectivity index (χ2v) is 24.9. The van der Waals surface area contributed by atoms with Crippen molar-refractivity contribution in [2.24, 2.45) is 0 Å². The SMILES string of the molecule is C#CC#CC#CC#CC#CC#CC#CC#CC#CC#CC#COc1cc(C)cc(C(=O)n2c(=O)ccn([C@@H]3O[C@H](COC(c4ccccc4)(c4ccc(OC)cc4)c4ccc(OC)cc4)[C@H](OC(=O)CCC(C)=O)C3O[Si](C)(C)C(C)(C)C)c2=O)c1. The molecule has 1 aliphatic rings. The monoisotopic (exact) mass is 1160 g/mol. The van der Waals surface area contributed by atoms with Crippen molar-refractivity contribution in [1.82, 2.24) is 9.13 Å². The quantitative estimate of drug-likeness (QED) is 0.0389. The lowest BCUT2D eigenvalue weighted by Crippen LogP contribution is -2.52. The second-order valence-electron chi connectivity index (χ2n) is 20.1. The highest BCUT2D eigenvalue weighted by atomic mass is 28.4. The van der Waals surface area contributed by atoms with E-state index in [0.29, 0.717) is 32.8 Å². The number of carbonyl (C=O) groups is 3. The topological polar surface area (TPSA) is 160 Å².